The molecule has 0 aliphatic carbocycles. The van der Waals surface area contributed by atoms with Crippen LogP contribution in [0.4, 0.5) is 5.69 Å². The first-order valence-electron chi connectivity index (χ1n) is 5.56. The van der Waals surface area contributed by atoms with Crippen molar-refractivity contribution in [2.24, 2.45) is 0 Å². The average Bonchev–Trinajstić information content (AvgIpc) is 2.93. The summed E-state index contributed by atoms with van der Waals surface area (Å²) in [6.45, 7) is 0. The van der Waals surface area contributed by atoms with Crippen molar-refractivity contribution in [3.63, 3.8) is 0 Å². The number of hydrogen-bond acceptors (Lipinski definition) is 6. The Kier molecular flexibility index (Phi) is 3.90. The van der Waals surface area contributed by atoms with Gasteiger partial charge in [-0.05, 0) is 24.3 Å². The standard InChI is InChI=1S/C13H10N2O5/c1-19-13(16)12-9(6-7-20-12)2-3-10-4-5-11(8-14-10)15(17)18/h2-8H,1H3. The minimum Gasteiger partial charge on any atom is -0.463 e. The molecular formula is C13H10N2O5. The summed E-state index contributed by atoms with van der Waals surface area (Å²) < 4.78 is 9.59. The van der Waals surface area contributed by atoms with Crippen LogP contribution in [0.2, 0.25) is 0 Å². The first kappa shape index (κ1) is 13.5. The third-order valence-electron chi connectivity index (χ3n) is 2.48. The molecule has 7 heteroatoms. The molecule has 2 aromatic heterocycles. The van der Waals surface area contributed by atoms with Crippen LogP contribution in [-0.2, 0) is 4.74 Å². The lowest BCUT2D eigenvalue weighted by molar-refractivity contribution is -0.385. The summed E-state index contributed by atoms with van der Waals surface area (Å²) in [4.78, 5) is 25.3. The number of carbonyl (C=O) groups is 1. The molecule has 0 N–H and O–H groups in total. The van der Waals surface area contributed by atoms with Crippen molar-refractivity contribution in [2.75, 3.05) is 7.11 Å². The van der Waals surface area contributed by atoms with E-state index in [9.17, 15) is 14.9 Å². The van der Waals surface area contributed by atoms with Crippen molar-refractivity contribution >= 4 is 23.8 Å². The van der Waals surface area contributed by atoms with Crippen LogP contribution in [0.1, 0.15) is 21.8 Å². The summed E-state index contributed by atoms with van der Waals surface area (Å²) in [5.74, 6) is -0.489. The molecule has 2 rings (SSSR count). The number of nitrogens with zero attached hydrogens (tertiary/aromatic N) is 2. The third-order valence-corrected chi connectivity index (χ3v) is 2.48. The molecular weight excluding hydrogens is 264 g/mol. The van der Waals surface area contributed by atoms with Crippen molar-refractivity contribution in [1.29, 1.82) is 0 Å². The normalized spacial score (nSPS) is 10.7. The van der Waals surface area contributed by atoms with Crippen molar-refractivity contribution < 1.29 is 18.9 Å². The maximum atomic E-state index is 11.4. The van der Waals surface area contributed by atoms with Crippen LogP contribution in [0.5, 0.6) is 0 Å². The number of pyridine rings is 1. The monoisotopic (exact) mass is 274 g/mol. The minimum absolute atomic E-state index is 0.0827. The maximum absolute atomic E-state index is 11.4. The van der Waals surface area contributed by atoms with E-state index >= 15 is 0 Å². The molecule has 0 unspecified atom stereocenters. The largest absolute Gasteiger partial charge is 0.463 e. The van der Waals surface area contributed by atoms with E-state index in [0.29, 0.717) is 11.3 Å². The van der Waals surface area contributed by atoms with Crippen LogP contribution in [0.15, 0.2) is 35.1 Å². The summed E-state index contributed by atoms with van der Waals surface area (Å²) in [7, 11) is 1.26. The summed E-state index contributed by atoms with van der Waals surface area (Å²) >= 11 is 0. The van der Waals surface area contributed by atoms with Crippen molar-refractivity contribution in [1.82, 2.24) is 4.98 Å². The summed E-state index contributed by atoms with van der Waals surface area (Å²) in [5.41, 5.74) is 0.977. The maximum Gasteiger partial charge on any atom is 0.374 e. The molecule has 0 fully saturated rings. The van der Waals surface area contributed by atoms with E-state index in [0.717, 1.165) is 6.20 Å². The molecule has 0 aromatic carbocycles. The Morgan fingerprint density at radius 3 is 2.80 bits per heavy atom. The van der Waals surface area contributed by atoms with E-state index in [2.05, 4.69) is 9.72 Å². The van der Waals surface area contributed by atoms with Crippen LogP contribution in [-0.4, -0.2) is 23.0 Å². The molecule has 0 amide bonds. The average molecular weight is 274 g/mol. The Hall–Kier alpha value is -2.96. The number of carbonyl (C=O) groups excluding carboxylic acids is 1. The summed E-state index contributed by atoms with van der Waals surface area (Å²) in [5, 5.41) is 10.5. The zero-order valence-electron chi connectivity index (χ0n) is 10.5. The van der Waals surface area contributed by atoms with Gasteiger partial charge in [0.05, 0.1) is 24.0 Å². The highest BCUT2D eigenvalue weighted by atomic mass is 16.6. The Morgan fingerprint density at radius 2 is 2.20 bits per heavy atom. The molecule has 0 aliphatic rings. The number of furan rings is 1. The minimum atomic E-state index is -0.577. The second-order valence-electron chi connectivity index (χ2n) is 3.73. The first-order valence-corrected chi connectivity index (χ1v) is 5.56. The fourth-order valence-electron chi connectivity index (χ4n) is 1.49. The second kappa shape index (κ2) is 5.79. The van der Waals surface area contributed by atoms with Crippen molar-refractivity contribution in [3.8, 4) is 0 Å². The zero-order chi connectivity index (χ0) is 14.5. The topological polar surface area (TPSA) is 95.5 Å². The highest BCUT2D eigenvalue weighted by molar-refractivity contribution is 5.91. The molecule has 0 radical (unpaired) electrons. The lowest BCUT2D eigenvalue weighted by Crippen LogP contribution is -2.00. The predicted molar refractivity (Wildman–Crippen MR) is 69.9 cm³/mol. The van der Waals surface area contributed by atoms with Crippen LogP contribution < -0.4 is 0 Å². The fourth-order valence-corrected chi connectivity index (χ4v) is 1.49. The van der Waals surface area contributed by atoms with Crippen LogP contribution in [0.3, 0.4) is 0 Å². The molecule has 0 spiro atoms. The number of aromatic nitrogens is 1. The summed E-state index contributed by atoms with van der Waals surface area (Å²) in [6.07, 6.45) is 5.76. The molecule has 0 atom stereocenters. The van der Waals surface area contributed by atoms with Crippen LogP contribution in [0, 0.1) is 10.1 Å². The number of hydrogen-bond donors (Lipinski definition) is 0. The first-order chi connectivity index (χ1) is 9.61. The number of rotatable bonds is 4. The highest BCUT2D eigenvalue weighted by Gasteiger charge is 2.13. The Balaban J connectivity index is 2.19. The molecule has 2 aromatic rings. The number of nitro groups is 1. The molecule has 102 valence electrons. The summed E-state index contributed by atoms with van der Waals surface area (Å²) in [6, 6.07) is 4.46. The molecule has 2 heterocycles. The van der Waals surface area contributed by atoms with E-state index < -0.39 is 10.9 Å². The van der Waals surface area contributed by atoms with Gasteiger partial charge < -0.3 is 9.15 Å². The number of ether oxygens (including phenoxy) is 1. The van der Waals surface area contributed by atoms with Gasteiger partial charge in [0.25, 0.3) is 5.69 Å². The van der Waals surface area contributed by atoms with E-state index in [1.54, 1.807) is 18.2 Å². The quantitative estimate of drug-likeness (QED) is 0.483. The second-order valence-corrected chi connectivity index (χ2v) is 3.73. The van der Waals surface area contributed by atoms with Gasteiger partial charge in [0.15, 0.2) is 0 Å². The SMILES string of the molecule is COC(=O)c1occc1C=Cc1ccc([N+](=O)[O-])cn1. The predicted octanol–water partition coefficient (Wildman–Crippen LogP) is 2.54. The van der Waals surface area contributed by atoms with Gasteiger partial charge in [-0.3, -0.25) is 10.1 Å². The Morgan fingerprint density at radius 1 is 1.40 bits per heavy atom. The molecule has 20 heavy (non-hydrogen) atoms. The lowest BCUT2D eigenvalue weighted by atomic mass is 10.2. The van der Waals surface area contributed by atoms with Crippen molar-refractivity contribution in [2.45, 2.75) is 0 Å². The molecule has 0 aliphatic heterocycles. The molecule has 0 bridgehead atoms. The van der Waals surface area contributed by atoms with E-state index in [1.165, 1.54) is 25.5 Å². The van der Waals surface area contributed by atoms with E-state index in [1.807, 2.05) is 0 Å². The molecule has 0 saturated heterocycles. The fraction of sp³-hybridized carbons (Fsp3) is 0.0769. The Bertz CT molecular complexity index is 658. The smallest absolute Gasteiger partial charge is 0.374 e. The van der Waals surface area contributed by atoms with Gasteiger partial charge >= 0.3 is 5.97 Å². The lowest BCUT2D eigenvalue weighted by Gasteiger charge is -1.96. The van der Waals surface area contributed by atoms with Crippen LogP contribution in [0.25, 0.3) is 12.2 Å². The van der Waals surface area contributed by atoms with Crippen molar-refractivity contribution in [3.05, 3.63) is 57.8 Å². The Labute approximate surface area is 113 Å². The van der Waals surface area contributed by atoms with Gasteiger partial charge in [0.2, 0.25) is 5.76 Å². The number of esters is 1. The zero-order valence-corrected chi connectivity index (χ0v) is 10.5. The van der Waals surface area contributed by atoms with Crippen LogP contribution >= 0.6 is 0 Å². The third kappa shape index (κ3) is 2.89. The van der Waals surface area contributed by atoms with Gasteiger partial charge in [-0.15, -0.1) is 0 Å². The van der Waals surface area contributed by atoms with Gasteiger partial charge in [-0.1, -0.05) is 0 Å². The van der Waals surface area contributed by atoms with E-state index in [4.69, 9.17) is 4.42 Å². The van der Waals surface area contributed by atoms with E-state index in [-0.39, 0.29) is 11.4 Å². The van der Waals surface area contributed by atoms with Gasteiger partial charge in [-0.25, -0.2) is 9.78 Å². The molecule has 0 saturated carbocycles. The number of methoxy groups -OCH3 is 1. The van der Waals surface area contributed by atoms with Gasteiger partial charge in [0, 0.05) is 11.6 Å². The van der Waals surface area contributed by atoms with Gasteiger partial charge in [0.1, 0.15) is 6.20 Å². The molecule has 7 nitrogen and oxygen atoms in total. The highest BCUT2D eigenvalue weighted by Crippen LogP contribution is 2.16. The van der Waals surface area contributed by atoms with Gasteiger partial charge in [-0.2, -0.15) is 0 Å².